The number of likely N-dealkylation sites (N-methyl/N-ethyl adjacent to an activating group) is 1. The third kappa shape index (κ3) is 1.71. The fraction of sp³-hybridized carbons (Fsp3) is 0.500. The van der Waals surface area contributed by atoms with E-state index in [1.54, 1.807) is 31.2 Å². The molecule has 0 fully saturated rings. The van der Waals surface area contributed by atoms with Gasteiger partial charge >= 0.3 is 0 Å². The Kier molecular flexibility index (Phi) is 2.60. The molecule has 0 amide bonds. The maximum absolute atomic E-state index is 11.5. The molecular weight excluding hydrogens is 154 g/mol. The summed E-state index contributed by atoms with van der Waals surface area (Å²) in [4.78, 5) is 11.5. The third-order valence-electron chi connectivity index (χ3n) is 1.82. The summed E-state index contributed by atoms with van der Waals surface area (Å²) in [7, 11) is 3.56. The van der Waals surface area contributed by atoms with Gasteiger partial charge in [-0.25, -0.2) is 0 Å². The van der Waals surface area contributed by atoms with Crippen molar-refractivity contribution >= 4 is 5.78 Å². The number of aromatic nitrogens is 2. The predicted molar refractivity (Wildman–Crippen MR) is 46.1 cm³/mol. The molecule has 4 heteroatoms. The summed E-state index contributed by atoms with van der Waals surface area (Å²) in [6.07, 6.45) is 3.30. The van der Waals surface area contributed by atoms with Crippen molar-refractivity contribution in [3.63, 3.8) is 0 Å². The molecule has 0 radical (unpaired) electrons. The van der Waals surface area contributed by atoms with E-state index in [9.17, 15) is 4.79 Å². The SMILES string of the molecule is CNC(C)C(=O)c1cnn(C)c1. The van der Waals surface area contributed by atoms with Crippen molar-refractivity contribution in [3.05, 3.63) is 18.0 Å². The highest BCUT2D eigenvalue weighted by Crippen LogP contribution is 2.00. The molecule has 1 N–H and O–H groups in total. The Bertz CT molecular complexity index is 280. The highest BCUT2D eigenvalue weighted by Gasteiger charge is 2.13. The number of ketones is 1. The topological polar surface area (TPSA) is 46.9 Å². The molecule has 12 heavy (non-hydrogen) atoms. The number of nitrogens with zero attached hydrogens (tertiary/aromatic N) is 2. The van der Waals surface area contributed by atoms with Crippen LogP contribution >= 0.6 is 0 Å². The van der Waals surface area contributed by atoms with Gasteiger partial charge in [-0.3, -0.25) is 9.48 Å². The molecule has 0 saturated heterocycles. The Balaban J connectivity index is 2.78. The van der Waals surface area contributed by atoms with Crippen LogP contribution in [0.15, 0.2) is 12.4 Å². The van der Waals surface area contributed by atoms with Gasteiger partial charge < -0.3 is 5.32 Å². The number of carbonyl (C=O) groups is 1. The lowest BCUT2D eigenvalue weighted by atomic mass is 10.1. The van der Waals surface area contributed by atoms with Crippen LogP contribution in [0.1, 0.15) is 17.3 Å². The zero-order valence-corrected chi connectivity index (χ0v) is 7.53. The van der Waals surface area contributed by atoms with Gasteiger partial charge in [0.25, 0.3) is 0 Å². The van der Waals surface area contributed by atoms with E-state index in [2.05, 4.69) is 10.4 Å². The molecule has 0 aliphatic rings. The lowest BCUT2D eigenvalue weighted by Gasteiger charge is -2.05. The average Bonchev–Trinajstić information content (AvgIpc) is 2.49. The van der Waals surface area contributed by atoms with Gasteiger partial charge in [0.2, 0.25) is 0 Å². The van der Waals surface area contributed by atoms with Crippen molar-refractivity contribution in [1.29, 1.82) is 0 Å². The molecule has 0 saturated carbocycles. The van der Waals surface area contributed by atoms with E-state index in [0.717, 1.165) is 0 Å². The van der Waals surface area contributed by atoms with Crippen LogP contribution < -0.4 is 5.32 Å². The summed E-state index contributed by atoms with van der Waals surface area (Å²) in [5, 5.41) is 6.81. The number of rotatable bonds is 3. The molecule has 4 nitrogen and oxygen atoms in total. The standard InChI is InChI=1S/C8H13N3O/c1-6(9-2)8(12)7-4-10-11(3)5-7/h4-6,9H,1-3H3. The largest absolute Gasteiger partial charge is 0.310 e. The van der Waals surface area contributed by atoms with Crippen LogP contribution in [0.3, 0.4) is 0 Å². The Morgan fingerprint density at radius 1 is 1.75 bits per heavy atom. The van der Waals surface area contributed by atoms with Crippen LogP contribution in [0, 0.1) is 0 Å². The molecule has 1 atom stereocenters. The van der Waals surface area contributed by atoms with Crippen molar-refractivity contribution in [2.45, 2.75) is 13.0 Å². The Hall–Kier alpha value is -1.16. The summed E-state index contributed by atoms with van der Waals surface area (Å²) in [5.74, 6) is 0.0746. The molecule has 1 aromatic rings. The van der Waals surface area contributed by atoms with E-state index in [-0.39, 0.29) is 11.8 Å². The molecule has 0 spiro atoms. The van der Waals surface area contributed by atoms with Crippen LogP contribution in [0.2, 0.25) is 0 Å². The summed E-state index contributed by atoms with van der Waals surface area (Å²) >= 11 is 0. The third-order valence-corrected chi connectivity index (χ3v) is 1.82. The Labute approximate surface area is 71.6 Å². The van der Waals surface area contributed by atoms with Crippen LogP contribution in [-0.4, -0.2) is 28.7 Å². The van der Waals surface area contributed by atoms with Gasteiger partial charge in [0.05, 0.1) is 17.8 Å². The quantitative estimate of drug-likeness (QED) is 0.655. The second-order valence-corrected chi connectivity index (χ2v) is 2.78. The van der Waals surface area contributed by atoms with E-state index in [1.807, 2.05) is 6.92 Å². The van der Waals surface area contributed by atoms with E-state index in [4.69, 9.17) is 0 Å². The minimum Gasteiger partial charge on any atom is -0.310 e. The zero-order valence-electron chi connectivity index (χ0n) is 7.53. The van der Waals surface area contributed by atoms with Gasteiger partial charge in [0.15, 0.2) is 5.78 Å². The maximum atomic E-state index is 11.5. The van der Waals surface area contributed by atoms with Crippen molar-refractivity contribution in [1.82, 2.24) is 15.1 Å². The molecule has 0 aliphatic carbocycles. The van der Waals surface area contributed by atoms with Crippen molar-refractivity contribution < 1.29 is 4.79 Å². The first-order chi connectivity index (χ1) is 5.65. The minimum absolute atomic E-state index is 0.0746. The second kappa shape index (κ2) is 3.49. The maximum Gasteiger partial charge on any atom is 0.182 e. The van der Waals surface area contributed by atoms with Gasteiger partial charge in [0.1, 0.15) is 0 Å². The molecule has 1 aromatic heterocycles. The monoisotopic (exact) mass is 167 g/mol. The Morgan fingerprint density at radius 3 is 2.83 bits per heavy atom. The molecule has 1 unspecified atom stereocenters. The fourth-order valence-electron chi connectivity index (χ4n) is 0.930. The second-order valence-electron chi connectivity index (χ2n) is 2.78. The smallest absolute Gasteiger partial charge is 0.182 e. The van der Waals surface area contributed by atoms with E-state index in [0.29, 0.717) is 5.56 Å². The molecule has 1 rings (SSSR count). The normalized spacial score (nSPS) is 12.9. The zero-order chi connectivity index (χ0) is 9.14. The van der Waals surface area contributed by atoms with Crippen LogP contribution in [-0.2, 0) is 7.05 Å². The van der Waals surface area contributed by atoms with Gasteiger partial charge in [-0.2, -0.15) is 5.10 Å². The fourth-order valence-corrected chi connectivity index (χ4v) is 0.930. The molecule has 0 aromatic carbocycles. The van der Waals surface area contributed by atoms with Crippen molar-refractivity contribution in [2.75, 3.05) is 7.05 Å². The highest BCUT2D eigenvalue weighted by molar-refractivity contribution is 5.99. The molecular formula is C8H13N3O. The first kappa shape index (κ1) is 8.93. The number of Topliss-reactive ketones (excluding diaryl/α,β-unsaturated/α-hetero) is 1. The lowest BCUT2D eigenvalue weighted by Crippen LogP contribution is -2.30. The minimum atomic E-state index is -0.144. The number of nitrogens with one attached hydrogen (secondary N) is 1. The van der Waals surface area contributed by atoms with Gasteiger partial charge in [0, 0.05) is 13.2 Å². The van der Waals surface area contributed by atoms with Crippen molar-refractivity contribution in [2.24, 2.45) is 7.05 Å². The van der Waals surface area contributed by atoms with Gasteiger partial charge in [-0.15, -0.1) is 0 Å². The highest BCUT2D eigenvalue weighted by atomic mass is 16.1. The van der Waals surface area contributed by atoms with Gasteiger partial charge in [-0.05, 0) is 14.0 Å². The number of hydrogen-bond donors (Lipinski definition) is 1. The first-order valence-electron chi connectivity index (χ1n) is 3.85. The van der Waals surface area contributed by atoms with Gasteiger partial charge in [-0.1, -0.05) is 0 Å². The van der Waals surface area contributed by atoms with Crippen LogP contribution in [0.5, 0.6) is 0 Å². The van der Waals surface area contributed by atoms with E-state index < -0.39 is 0 Å². The summed E-state index contributed by atoms with van der Waals surface area (Å²) < 4.78 is 1.62. The molecule has 66 valence electrons. The van der Waals surface area contributed by atoms with Crippen LogP contribution in [0.4, 0.5) is 0 Å². The molecule has 1 heterocycles. The average molecular weight is 167 g/mol. The van der Waals surface area contributed by atoms with E-state index in [1.165, 1.54) is 0 Å². The van der Waals surface area contributed by atoms with Crippen molar-refractivity contribution in [3.8, 4) is 0 Å². The summed E-state index contributed by atoms with van der Waals surface area (Å²) in [6, 6.07) is -0.144. The number of aryl methyl sites for hydroxylation is 1. The predicted octanol–water partition coefficient (Wildman–Crippen LogP) is 0.211. The first-order valence-corrected chi connectivity index (χ1v) is 3.85. The summed E-state index contributed by atoms with van der Waals surface area (Å²) in [5.41, 5.74) is 0.652. The Morgan fingerprint density at radius 2 is 2.42 bits per heavy atom. The van der Waals surface area contributed by atoms with E-state index >= 15 is 0 Å². The van der Waals surface area contributed by atoms with Crippen LogP contribution in [0.25, 0.3) is 0 Å². The molecule has 0 aliphatic heterocycles. The number of carbonyl (C=O) groups excluding carboxylic acids is 1. The lowest BCUT2D eigenvalue weighted by molar-refractivity contribution is 0.0955. The summed E-state index contributed by atoms with van der Waals surface area (Å²) in [6.45, 7) is 1.83. The molecule has 0 bridgehead atoms. The number of hydrogen-bond acceptors (Lipinski definition) is 3.